The number of rotatable bonds is 12. The minimum absolute atomic E-state index is 0.293. The van der Waals surface area contributed by atoms with Crippen LogP contribution in [0.15, 0.2) is 35.5 Å². The van der Waals surface area contributed by atoms with Gasteiger partial charge in [-0.2, -0.15) is 4.80 Å². The normalized spacial score (nSPS) is 13.6. The molecule has 0 saturated heterocycles. The number of benzene rings is 1. The zero-order chi connectivity index (χ0) is 20.8. The molecule has 1 fully saturated rings. The summed E-state index contributed by atoms with van der Waals surface area (Å²) >= 11 is 1.70. The molecule has 0 radical (unpaired) electrons. The maximum absolute atomic E-state index is 11.2. The molecule has 0 spiro atoms. The number of unbranched alkanes of at least 4 members (excludes halogenated alkanes) is 2. The molecule has 1 saturated carbocycles. The summed E-state index contributed by atoms with van der Waals surface area (Å²) in [6, 6.07) is 9.87. The minimum atomic E-state index is -0.293. The van der Waals surface area contributed by atoms with Gasteiger partial charge < -0.3 is 10.3 Å². The predicted octanol–water partition coefficient (Wildman–Crippen LogP) is 2.65. The Hall–Kier alpha value is -2.75. The van der Waals surface area contributed by atoms with E-state index in [-0.39, 0.29) is 5.91 Å². The fourth-order valence-electron chi connectivity index (χ4n) is 3.22. The van der Waals surface area contributed by atoms with Gasteiger partial charge in [-0.3, -0.25) is 4.79 Å². The summed E-state index contributed by atoms with van der Waals surface area (Å²) in [4.78, 5) is 12.8. The van der Waals surface area contributed by atoms with E-state index in [1.165, 1.54) is 0 Å². The largest absolute Gasteiger partial charge is 0.370 e. The number of thioether (sulfide) groups is 1. The third-order valence-corrected chi connectivity index (χ3v) is 6.04. The summed E-state index contributed by atoms with van der Waals surface area (Å²) in [5, 5.41) is 22.3. The molecule has 2 aromatic heterocycles. The van der Waals surface area contributed by atoms with Crippen LogP contribution in [0.4, 0.5) is 0 Å². The number of nitrogens with two attached hydrogens (primary N) is 1. The van der Waals surface area contributed by atoms with E-state index < -0.39 is 0 Å². The van der Waals surface area contributed by atoms with Crippen LogP contribution in [-0.2, 0) is 17.9 Å². The SMILES string of the molecule is NC(=O)CCn1c(SCCCCCn2nnc(-c3ccccc3)n2)nnc1C1CC1. The quantitative estimate of drug-likeness (QED) is 0.349. The van der Waals surface area contributed by atoms with Crippen LogP contribution in [0, 0.1) is 0 Å². The van der Waals surface area contributed by atoms with Gasteiger partial charge >= 0.3 is 0 Å². The molecule has 1 aliphatic rings. The molecule has 0 unspecified atom stereocenters. The molecule has 1 amide bonds. The molecule has 9 nitrogen and oxygen atoms in total. The van der Waals surface area contributed by atoms with Crippen molar-refractivity contribution in [3.05, 3.63) is 36.2 Å². The van der Waals surface area contributed by atoms with Crippen molar-refractivity contribution in [2.45, 2.75) is 62.7 Å². The number of carbonyl (C=O) groups is 1. The predicted molar refractivity (Wildman–Crippen MR) is 114 cm³/mol. The van der Waals surface area contributed by atoms with Crippen molar-refractivity contribution in [3.8, 4) is 11.4 Å². The van der Waals surface area contributed by atoms with E-state index in [1.807, 2.05) is 30.3 Å². The number of hydrogen-bond donors (Lipinski definition) is 1. The van der Waals surface area contributed by atoms with Gasteiger partial charge in [0.05, 0.1) is 6.54 Å². The van der Waals surface area contributed by atoms with Crippen LogP contribution in [0.1, 0.15) is 50.3 Å². The van der Waals surface area contributed by atoms with Crippen LogP contribution in [0.2, 0.25) is 0 Å². The smallest absolute Gasteiger partial charge is 0.219 e. The molecule has 10 heteroatoms. The van der Waals surface area contributed by atoms with Crippen molar-refractivity contribution in [1.82, 2.24) is 35.0 Å². The van der Waals surface area contributed by atoms with E-state index in [1.54, 1.807) is 16.6 Å². The molecule has 0 aliphatic heterocycles. The van der Waals surface area contributed by atoms with Crippen molar-refractivity contribution in [2.24, 2.45) is 5.73 Å². The molecule has 2 heterocycles. The summed E-state index contributed by atoms with van der Waals surface area (Å²) in [5.74, 6) is 2.83. The first-order chi connectivity index (χ1) is 14.7. The third-order valence-electron chi connectivity index (χ3n) is 4.99. The standard InChI is InChI=1S/C20H26N8OS/c21-17(29)11-13-27-19(16-9-10-16)23-24-20(27)30-14-6-2-5-12-28-25-18(22-26-28)15-7-3-1-4-8-15/h1,3-4,7-8,16H,2,5-6,9-14H2,(H2,21,29). The lowest BCUT2D eigenvalue weighted by atomic mass is 10.2. The molecule has 1 aliphatic carbocycles. The average Bonchev–Trinajstić information content (AvgIpc) is 3.35. The van der Waals surface area contributed by atoms with Gasteiger partial charge in [0.2, 0.25) is 11.7 Å². The van der Waals surface area contributed by atoms with Crippen LogP contribution >= 0.6 is 11.8 Å². The highest BCUT2D eigenvalue weighted by Gasteiger charge is 2.30. The second-order valence-electron chi connectivity index (χ2n) is 7.47. The number of tetrazole rings is 1. The lowest BCUT2D eigenvalue weighted by Crippen LogP contribution is -2.15. The molecule has 0 atom stereocenters. The van der Waals surface area contributed by atoms with E-state index in [9.17, 15) is 4.79 Å². The molecule has 0 bridgehead atoms. The first-order valence-corrected chi connectivity index (χ1v) is 11.4. The fraction of sp³-hybridized carbons (Fsp3) is 0.500. The van der Waals surface area contributed by atoms with Gasteiger partial charge in [0.15, 0.2) is 5.16 Å². The van der Waals surface area contributed by atoms with Crippen LogP contribution < -0.4 is 5.73 Å². The maximum Gasteiger partial charge on any atom is 0.219 e. The van der Waals surface area contributed by atoms with Crippen molar-refractivity contribution in [1.29, 1.82) is 0 Å². The van der Waals surface area contributed by atoms with Crippen molar-refractivity contribution < 1.29 is 4.79 Å². The Morgan fingerprint density at radius 3 is 2.67 bits per heavy atom. The van der Waals surface area contributed by atoms with Crippen LogP contribution in [-0.4, -0.2) is 46.6 Å². The molecule has 4 rings (SSSR count). The van der Waals surface area contributed by atoms with Gasteiger partial charge in [-0.25, -0.2) is 0 Å². The maximum atomic E-state index is 11.2. The number of aryl methyl sites for hydroxylation is 1. The number of nitrogens with zero attached hydrogens (tertiary/aromatic N) is 7. The van der Waals surface area contributed by atoms with E-state index in [0.29, 0.717) is 24.7 Å². The number of amides is 1. The second-order valence-corrected chi connectivity index (χ2v) is 8.53. The fourth-order valence-corrected chi connectivity index (χ4v) is 4.19. The molecular weight excluding hydrogens is 400 g/mol. The molecule has 30 heavy (non-hydrogen) atoms. The van der Waals surface area contributed by atoms with Gasteiger partial charge in [0.1, 0.15) is 5.82 Å². The monoisotopic (exact) mass is 426 g/mol. The Balaban J connectivity index is 1.20. The summed E-state index contributed by atoms with van der Waals surface area (Å²) in [6.07, 6.45) is 5.75. The Bertz CT molecular complexity index is 966. The molecule has 2 N–H and O–H groups in total. The average molecular weight is 427 g/mol. The lowest BCUT2D eigenvalue weighted by molar-refractivity contribution is -0.118. The van der Waals surface area contributed by atoms with Crippen molar-refractivity contribution >= 4 is 17.7 Å². The zero-order valence-corrected chi connectivity index (χ0v) is 17.7. The Kier molecular flexibility index (Phi) is 6.73. The van der Waals surface area contributed by atoms with Crippen molar-refractivity contribution in [3.63, 3.8) is 0 Å². The van der Waals surface area contributed by atoms with Crippen molar-refractivity contribution in [2.75, 3.05) is 5.75 Å². The molecular formula is C20H26N8OS. The Labute approximate surface area is 179 Å². The van der Waals surface area contributed by atoms with Gasteiger partial charge in [-0.05, 0) is 30.9 Å². The van der Waals surface area contributed by atoms with Gasteiger partial charge in [-0.15, -0.1) is 20.4 Å². The summed E-state index contributed by atoms with van der Waals surface area (Å²) in [7, 11) is 0. The first-order valence-electron chi connectivity index (χ1n) is 10.4. The first kappa shape index (κ1) is 20.5. The van der Waals surface area contributed by atoms with Crippen LogP contribution in [0.25, 0.3) is 11.4 Å². The number of hydrogen-bond acceptors (Lipinski definition) is 7. The number of aromatic nitrogens is 7. The molecule has 158 valence electrons. The highest BCUT2D eigenvalue weighted by Crippen LogP contribution is 2.40. The second kappa shape index (κ2) is 9.84. The van der Waals surface area contributed by atoms with E-state index >= 15 is 0 Å². The van der Waals surface area contributed by atoms with Gasteiger partial charge in [0, 0.05) is 30.2 Å². The topological polar surface area (TPSA) is 117 Å². The number of carbonyl (C=O) groups excluding carboxylic acids is 1. The summed E-state index contributed by atoms with van der Waals surface area (Å²) < 4.78 is 2.08. The van der Waals surface area contributed by atoms with Gasteiger partial charge in [-0.1, -0.05) is 48.5 Å². The highest BCUT2D eigenvalue weighted by molar-refractivity contribution is 7.99. The Morgan fingerprint density at radius 1 is 1.07 bits per heavy atom. The van der Waals surface area contributed by atoms with Crippen LogP contribution in [0.5, 0.6) is 0 Å². The summed E-state index contributed by atoms with van der Waals surface area (Å²) in [6.45, 7) is 1.32. The van der Waals surface area contributed by atoms with E-state index in [0.717, 1.165) is 60.9 Å². The zero-order valence-electron chi connectivity index (χ0n) is 16.9. The minimum Gasteiger partial charge on any atom is -0.370 e. The highest BCUT2D eigenvalue weighted by atomic mass is 32.2. The third kappa shape index (κ3) is 5.44. The summed E-state index contributed by atoms with van der Waals surface area (Å²) in [5.41, 5.74) is 6.30. The lowest BCUT2D eigenvalue weighted by Gasteiger charge is -2.08. The Morgan fingerprint density at radius 2 is 1.90 bits per heavy atom. The number of primary amides is 1. The van der Waals surface area contributed by atoms with Gasteiger partial charge in [0.25, 0.3) is 0 Å². The molecule has 1 aromatic carbocycles. The van der Waals surface area contributed by atoms with Crippen LogP contribution in [0.3, 0.4) is 0 Å². The van der Waals surface area contributed by atoms with E-state index in [2.05, 4.69) is 30.2 Å². The molecule has 3 aromatic rings. The van der Waals surface area contributed by atoms with E-state index in [4.69, 9.17) is 5.73 Å².